The van der Waals surface area contributed by atoms with E-state index in [0.29, 0.717) is 5.56 Å². The van der Waals surface area contributed by atoms with Crippen LogP contribution in [-0.4, -0.2) is 22.3 Å². The predicted molar refractivity (Wildman–Crippen MR) is 49.4 cm³/mol. The van der Waals surface area contributed by atoms with Crippen molar-refractivity contribution in [3.63, 3.8) is 0 Å². The Bertz CT molecular complexity index is 380. The second-order valence-corrected chi connectivity index (χ2v) is 2.10. The summed E-state index contributed by atoms with van der Waals surface area (Å²) in [6, 6.07) is 1.90. The fourth-order valence-corrected chi connectivity index (χ4v) is 0.695. The number of nitriles is 1. The van der Waals surface area contributed by atoms with Crippen LogP contribution in [0.3, 0.4) is 0 Å². The van der Waals surface area contributed by atoms with Crippen molar-refractivity contribution in [1.29, 1.82) is 5.26 Å². The minimum atomic E-state index is 0.262. The summed E-state index contributed by atoms with van der Waals surface area (Å²) in [7, 11) is 0. The van der Waals surface area contributed by atoms with Gasteiger partial charge >= 0.3 is 0 Å². The van der Waals surface area contributed by atoms with E-state index in [-0.39, 0.29) is 5.82 Å². The van der Waals surface area contributed by atoms with Gasteiger partial charge in [0, 0.05) is 6.21 Å². The first-order chi connectivity index (χ1) is 6.29. The molecule has 0 bridgehead atoms. The highest BCUT2D eigenvalue weighted by atomic mass is 15.4. The maximum Gasteiger partial charge on any atom is 0.146 e. The molecular formula is C7H8N6. The van der Waals surface area contributed by atoms with E-state index in [1.165, 1.54) is 23.4 Å². The molecule has 1 aromatic rings. The molecule has 0 aliphatic heterocycles. The zero-order valence-corrected chi connectivity index (χ0v) is 7.05. The summed E-state index contributed by atoms with van der Waals surface area (Å²) in [6.07, 6.45) is 4.23. The van der Waals surface area contributed by atoms with Crippen LogP contribution in [0.4, 0.5) is 5.82 Å². The van der Waals surface area contributed by atoms with Gasteiger partial charge in [0.2, 0.25) is 0 Å². The molecule has 0 radical (unpaired) electrons. The smallest absolute Gasteiger partial charge is 0.146 e. The van der Waals surface area contributed by atoms with E-state index < -0.39 is 0 Å². The Kier molecular flexibility index (Phi) is 2.76. The Balaban J connectivity index is 2.92. The molecule has 0 atom stereocenters. The Morgan fingerprint density at radius 3 is 3.00 bits per heavy atom. The lowest BCUT2D eigenvalue weighted by atomic mass is 10.4. The summed E-state index contributed by atoms with van der Waals surface area (Å²) in [5, 5.41) is 19.6. The van der Waals surface area contributed by atoms with Crippen molar-refractivity contribution in [2.45, 2.75) is 6.92 Å². The van der Waals surface area contributed by atoms with Crippen LogP contribution in [0.5, 0.6) is 0 Å². The van der Waals surface area contributed by atoms with Gasteiger partial charge in [-0.3, -0.25) is 0 Å². The van der Waals surface area contributed by atoms with Gasteiger partial charge in [0.1, 0.15) is 23.8 Å². The summed E-state index contributed by atoms with van der Waals surface area (Å²) in [4.78, 5) is 0. The average molecular weight is 176 g/mol. The second-order valence-electron chi connectivity index (χ2n) is 2.10. The van der Waals surface area contributed by atoms with Gasteiger partial charge in [-0.25, -0.2) is 4.68 Å². The van der Waals surface area contributed by atoms with Crippen LogP contribution < -0.4 is 5.73 Å². The van der Waals surface area contributed by atoms with E-state index >= 15 is 0 Å². The van der Waals surface area contributed by atoms with Gasteiger partial charge in [0.05, 0.1) is 6.20 Å². The quantitative estimate of drug-likeness (QED) is 0.397. The van der Waals surface area contributed by atoms with Gasteiger partial charge in [0.15, 0.2) is 0 Å². The van der Waals surface area contributed by atoms with Gasteiger partial charge in [-0.1, -0.05) is 0 Å². The molecule has 1 heterocycles. The Labute approximate surface area is 75.0 Å². The van der Waals surface area contributed by atoms with Crippen LogP contribution in [0.1, 0.15) is 12.5 Å². The zero-order chi connectivity index (χ0) is 9.68. The number of aromatic nitrogens is 2. The maximum atomic E-state index is 8.55. The number of nitrogens with zero attached hydrogens (tertiary/aromatic N) is 5. The molecule has 13 heavy (non-hydrogen) atoms. The molecule has 0 fully saturated rings. The maximum absolute atomic E-state index is 8.55. The van der Waals surface area contributed by atoms with Crippen molar-refractivity contribution in [3.05, 3.63) is 11.8 Å². The molecule has 0 aliphatic carbocycles. The Morgan fingerprint density at radius 1 is 1.69 bits per heavy atom. The third-order valence-electron chi connectivity index (χ3n) is 1.30. The lowest BCUT2D eigenvalue weighted by Gasteiger charge is -1.91. The van der Waals surface area contributed by atoms with Gasteiger partial charge < -0.3 is 5.73 Å². The highest BCUT2D eigenvalue weighted by molar-refractivity contribution is 5.66. The monoisotopic (exact) mass is 176 g/mol. The fourth-order valence-electron chi connectivity index (χ4n) is 0.695. The molecule has 0 aromatic carbocycles. The SMILES string of the molecule is C/C=N/N=C/n1ncc(C#N)c1N. The molecule has 0 amide bonds. The van der Waals surface area contributed by atoms with Gasteiger partial charge in [-0.15, -0.1) is 5.10 Å². The molecule has 1 rings (SSSR count). The lowest BCUT2D eigenvalue weighted by molar-refractivity contribution is 0.957. The minimum absolute atomic E-state index is 0.262. The van der Waals surface area contributed by atoms with E-state index in [1.807, 2.05) is 6.07 Å². The van der Waals surface area contributed by atoms with Crippen LogP contribution in [0.2, 0.25) is 0 Å². The van der Waals surface area contributed by atoms with Crippen molar-refractivity contribution in [2.75, 3.05) is 5.73 Å². The summed E-state index contributed by atoms with van der Waals surface area (Å²) in [5.41, 5.74) is 5.86. The molecule has 0 unspecified atom stereocenters. The Morgan fingerprint density at radius 2 is 2.46 bits per heavy atom. The Hall–Kier alpha value is -2.16. The first kappa shape index (κ1) is 8.93. The van der Waals surface area contributed by atoms with Gasteiger partial charge in [0.25, 0.3) is 0 Å². The number of hydrogen-bond acceptors (Lipinski definition) is 5. The van der Waals surface area contributed by atoms with Crippen LogP contribution in [0.25, 0.3) is 0 Å². The molecule has 0 aliphatic rings. The van der Waals surface area contributed by atoms with Crippen LogP contribution in [0.15, 0.2) is 16.4 Å². The van der Waals surface area contributed by atoms with Crippen LogP contribution in [-0.2, 0) is 0 Å². The molecule has 0 saturated heterocycles. The fraction of sp³-hybridized carbons (Fsp3) is 0.143. The first-order valence-electron chi connectivity index (χ1n) is 3.53. The van der Waals surface area contributed by atoms with E-state index in [0.717, 1.165) is 0 Å². The van der Waals surface area contributed by atoms with Crippen LogP contribution in [0, 0.1) is 11.3 Å². The molecule has 66 valence electrons. The van der Waals surface area contributed by atoms with E-state index in [9.17, 15) is 0 Å². The third-order valence-corrected chi connectivity index (χ3v) is 1.30. The third kappa shape index (κ3) is 1.90. The van der Waals surface area contributed by atoms with E-state index in [4.69, 9.17) is 11.0 Å². The average Bonchev–Trinajstić information content (AvgIpc) is 2.48. The predicted octanol–water partition coefficient (Wildman–Crippen LogP) is 0.219. The van der Waals surface area contributed by atoms with E-state index in [2.05, 4.69) is 15.3 Å². The number of nitrogens with two attached hydrogens (primary N) is 1. The van der Waals surface area contributed by atoms with Crippen molar-refractivity contribution >= 4 is 18.4 Å². The van der Waals surface area contributed by atoms with Crippen molar-refractivity contribution in [1.82, 2.24) is 9.78 Å². The molecule has 6 heteroatoms. The topological polar surface area (TPSA) is 92.3 Å². The highest BCUT2D eigenvalue weighted by Crippen LogP contribution is 2.06. The van der Waals surface area contributed by atoms with Crippen molar-refractivity contribution < 1.29 is 0 Å². The highest BCUT2D eigenvalue weighted by Gasteiger charge is 2.03. The summed E-state index contributed by atoms with van der Waals surface area (Å²) in [5.74, 6) is 0.262. The zero-order valence-electron chi connectivity index (χ0n) is 7.05. The minimum Gasteiger partial charge on any atom is -0.382 e. The molecule has 0 spiro atoms. The summed E-state index contributed by atoms with van der Waals surface area (Å²) >= 11 is 0. The molecule has 2 N–H and O–H groups in total. The van der Waals surface area contributed by atoms with Crippen molar-refractivity contribution in [2.24, 2.45) is 10.2 Å². The number of nitrogen functional groups attached to an aromatic ring is 1. The molecular weight excluding hydrogens is 168 g/mol. The van der Waals surface area contributed by atoms with E-state index in [1.54, 1.807) is 6.92 Å². The normalized spacial score (nSPS) is 11.1. The summed E-state index contributed by atoms with van der Waals surface area (Å²) < 4.78 is 1.28. The second kappa shape index (κ2) is 4.01. The summed E-state index contributed by atoms with van der Waals surface area (Å²) in [6.45, 7) is 1.74. The number of hydrogen-bond donors (Lipinski definition) is 1. The first-order valence-corrected chi connectivity index (χ1v) is 3.53. The van der Waals surface area contributed by atoms with Gasteiger partial charge in [-0.05, 0) is 6.92 Å². The molecule has 6 nitrogen and oxygen atoms in total. The standard InChI is InChI=1S/C7H8N6/c1-2-10-11-5-13-7(9)6(3-8)4-12-13/h2,4-5H,9H2,1H3/b10-2+,11-5+. The largest absolute Gasteiger partial charge is 0.382 e. The van der Waals surface area contributed by atoms with Crippen LogP contribution >= 0.6 is 0 Å². The van der Waals surface area contributed by atoms with Gasteiger partial charge in [-0.2, -0.15) is 15.5 Å². The molecule has 1 aromatic heterocycles. The molecule has 0 saturated carbocycles. The number of rotatable bonds is 2. The number of anilines is 1. The van der Waals surface area contributed by atoms with Crippen molar-refractivity contribution in [3.8, 4) is 6.07 Å². The lowest BCUT2D eigenvalue weighted by Crippen LogP contribution is -2.03.